The maximum atomic E-state index is 12.0. The number of nitrogens with one attached hydrogen (secondary N) is 3. The number of carbonyl (C=O) groups excluding carboxylic acids is 2. The first-order valence-corrected chi connectivity index (χ1v) is 8.25. The molecule has 0 aromatic heterocycles. The van der Waals surface area contributed by atoms with E-state index in [1.807, 2.05) is 6.92 Å². The molecule has 1 aromatic rings. The van der Waals surface area contributed by atoms with E-state index in [2.05, 4.69) is 52.0 Å². The van der Waals surface area contributed by atoms with Crippen LogP contribution in [0.15, 0.2) is 24.3 Å². The Morgan fingerprint density at radius 3 is 2.65 bits per heavy atom. The van der Waals surface area contributed by atoms with Crippen molar-refractivity contribution in [2.24, 2.45) is 0 Å². The van der Waals surface area contributed by atoms with Crippen LogP contribution in [0.25, 0.3) is 0 Å². The second-order valence-electron chi connectivity index (χ2n) is 5.69. The molecular formula is C17H26N4O2. The summed E-state index contributed by atoms with van der Waals surface area (Å²) in [5.74, 6) is -0.270. The van der Waals surface area contributed by atoms with Gasteiger partial charge in [0.2, 0.25) is 5.91 Å². The lowest BCUT2D eigenvalue weighted by atomic mass is 10.0. The van der Waals surface area contributed by atoms with E-state index in [0.29, 0.717) is 6.54 Å². The van der Waals surface area contributed by atoms with Crippen molar-refractivity contribution in [3.63, 3.8) is 0 Å². The summed E-state index contributed by atoms with van der Waals surface area (Å²) in [5, 5.41) is 8.31. The van der Waals surface area contributed by atoms with Gasteiger partial charge in [-0.2, -0.15) is 0 Å². The zero-order chi connectivity index (χ0) is 16.7. The highest BCUT2D eigenvalue weighted by molar-refractivity contribution is 5.95. The molecule has 6 nitrogen and oxygen atoms in total. The molecule has 6 heteroatoms. The molecule has 126 valence electrons. The van der Waals surface area contributed by atoms with Crippen LogP contribution in [0.4, 0.5) is 4.79 Å². The zero-order valence-corrected chi connectivity index (χ0v) is 13.9. The van der Waals surface area contributed by atoms with Gasteiger partial charge in [-0.05, 0) is 24.5 Å². The normalized spacial score (nSPS) is 18.4. The number of urea groups is 1. The second kappa shape index (κ2) is 8.64. The summed E-state index contributed by atoms with van der Waals surface area (Å²) in [7, 11) is 0. The van der Waals surface area contributed by atoms with Crippen molar-refractivity contribution in [3.05, 3.63) is 35.4 Å². The van der Waals surface area contributed by atoms with Crippen LogP contribution in [0.1, 0.15) is 31.0 Å². The van der Waals surface area contributed by atoms with E-state index in [0.717, 1.165) is 26.1 Å². The van der Waals surface area contributed by atoms with Crippen LogP contribution in [0.3, 0.4) is 0 Å². The van der Waals surface area contributed by atoms with Gasteiger partial charge in [0.15, 0.2) is 0 Å². The Balaban J connectivity index is 2.00. The van der Waals surface area contributed by atoms with Crippen LogP contribution in [-0.4, -0.2) is 49.6 Å². The molecule has 1 unspecified atom stereocenters. The fraction of sp³-hybridized carbons (Fsp3) is 0.529. The number of hydrogen-bond acceptors (Lipinski definition) is 4. The molecule has 3 amide bonds. The number of benzene rings is 1. The molecule has 23 heavy (non-hydrogen) atoms. The van der Waals surface area contributed by atoms with E-state index in [1.165, 1.54) is 11.1 Å². The monoisotopic (exact) mass is 318 g/mol. The first-order valence-electron chi connectivity index (χ1n) is 8.25. The molecule has 1 atom stereocenters. The molecule has 1 heterocycles. The molecular weight excluding hydrogens is 292 g/mol. The first kappa shape index (κ1) is 17.4. The lowest BCUT2D eigenvalue weighted by Crippen LogP contribution is -2.51. The molecule has 1 saturated heterocycles. The topological polar surface area (TPSA) is 73.5 Å². The highest BCUT2D eigenvalue weighted by Crippen LogP contribution is 2.22. The fourth-order valence-electron chi connectivity index (χ4n) is 2.80. The van der Waals surface area contributed by atoms with Crippen LogP contribution in [0.2, 0.25) is 0 Å². The summed E-state index contributed by atoms with van der Waals surface area (Å²) < 4.78 is 0. The zero-order valence-electron chi connectivity index (χ0n) is 13.9. The molecule has 0 saturated carbocycles. The number of aryl methyl sites for hydroxylation is 1. The van der Waals surface area contributed by atoms with Crippen LogP contribution >= 0.6 is 0 Å². The SMILES string of the molecule is CCNC(=O)NC(=O)CN1CCNCC1c1ccc(CC)cc1. The summed E-state index contributed by atoms with van der Waals surface area (Å²) in [4.78, 5) is 25.6. The minimum absolute atomic E-state index is 0.148. The van der Waals surface area contributed by atoms with Crippen LogP contribution in [0.5, 0.6) is 0 Å². The molecule has 0 spiro atoms. The lowest BCUT2D eigenvalue weighted by Gasteiger charge is -2.36. The van der Waals surface area contributed by atoms with Crippen molar-refractivity contribution in [1.29, 1.82) is 0 Å². The molecule has 0 radical (unpaired) electrons. The smallest absolute Gasteiger partial charge is 0.321 e. The number of nitrogens with zero attached hydrogens (tertiary/aromatic N) is 1. The van der Waals surface area contributed by atoms with E-state index in [1.54, 1.807) is 0 Å². The number of hydrogen-bond donors (Lipinski definition) is 3. The maximum Gasteiger partial charge on any atom is 0.321 e. The van der Waals surface area contributed by atoms with Gasteiger partial charge in [-0.3, -0.25) is 15.0 Å². The minimum atomic E-state index is -0.434. The lowest BCUT2D eigenvalue weighted by molar-refractivity contribution is -0.122. The Morgan fingerprint density at radius 2 is 2.00 bits per heavy atom. The van der Waals surface area contributed by atoms with Gasteiger partial charge < -0.3 is 10.6 Å². The van der Waals surface area contributed by atoms with Gasteiger partial charge in [0.25, 0.3) is 0 Å². The van der Waals surface area contributed by atoms with Crippen molar-refractivity contribution >= 4 is 11.9 Å². The van der Waals surface area contributed by atoms with Gasteiger partial charge in [-0.1, -0.05) is 31.2 Å². The van der Waals surface area contributed by atoms with Crippen molar-refractivity contribution in [2.45, 2.75) is 26.3 Å². The van der Waals surface area contributed by atoms with Gasteiger partial charge in [0, 0.05) is 32.2 Å². The molecule has 0 bridgehead atoms. The van der Waals surface area contributed by atoms with E-state index in [4.69, 9.17) is 0 Å². The number of rotatable bonds is 5. The van der Waals surface area contributed by atoms with Crippen molar-refractivity contribution in [2.75, 3.05) is 32.7 Å². The van der Waals surface area contributed by atoms with E-state index in [-0.39, 0.29) is 18.5 Å². The Kier molecular flexibility index (Phi) is 6.55. The molecule has 1 aliphatic heterocycles. The summed E-state index contributed by atoms with van der Waals surface area (Å²) in [6.45, 7) is 7.10. The van der Waals surface area contributed by atoms with Crippen LogP contribution in [0, 0.1) is 0 Å². The number of amides is 3. The number of piperazine rings is 1. The van der Waals surface area contributed by atoms with Gasteiger partial charge in [0.05, 0.1) is 6.54 Å². The maximum absolute atomic E-state index is 12.0. The average molecular weight is 318 g/mol. The van der Waals surface area contributed by atoms with Crippen LogP contribution < -0.4 is 16.0 Å². The second-order valence-corrected chi connectivity index (χ2v) is 5.69. The van der Waals surface area contributed by atoms with E-state index in [9.17, 15) is 9.59 Å². The van der Waals surface area contributed by atoms with Gasteiger partial charge in [-0.15, -0.1) is 0 Å². The highest BCUT2D eigenvalue weighted by Gasteiger charge is 2.25. The minimum Gasteiger partial charge on any atom is -0.338 e. The largest absolute Gasteiger partial charge is 0.338 e. The first-order chi connectivity index (χ1) is 11.1. The molecule has 2 rings (SSSR count). The van der Waals surface area contributed by atoms with Crippen molar-refractivity contribution in [1.82, 2.24) is 20.9 Å². The Hall–Kier alpha value is -1.92. The highest BCUT2D eigenvalue weighted by atomic mass is 16.2. The third-order valence-corrected chi connectivity index (χ3v) is 4.06. The Labute approximate surface area is 137 Å². The molecule has 1 fully saturated rings. The van der Waals surface area contributed by atoms with Gasteiger partial charge in [-0.25, -0.2) is 4.79 Å². The summed E-state index contributed by atoms with van der Waals surface area (Å²) in [5.41, 5.74) is 2.50. The average Bonchev–Trinajstić information content (AvgIpc) is 2.55. The number of imide groups is 1. The Morgan fingerprint density at radius 1 is 1.26 bits per heavy atom. The molecule has 1 aliphatic rings. The summed E-state index contributed by atoms with van der Waals surface area (Å²) in [6.07, 6.45) is 1.02. The van der Waals surface area contributed by atoms with E-state index < -0.39 is 6.03 Å². The third-order valence-electron chi connectivity index (χ3n) is 4.06. The fourth-order valence-corrected chi connectivity index (χ4v) is 2.80. The van der Waals surface area contributed by atoms with Gasteiger partial charge >= 0.3 is 6.03 Å². The van der Waals surface area contributed by atoms with Crippen molar-refractivity contribution < 1.29 is 9.59 Å². The van der Waals surface area contributed by atoms with Crippen LogP contribution in [-0.2, 0) is 11.2 Å². The molecule has 0 aliphatic carbocycles. The predicted octanol–water partition coefficient (Wildman–Crippen LogP) is 1.04. The van der Waals surface area contributed by atoms with E-state index >= 15 is 0 Å². The summed E-state index contributed by atoms with van der Waals surface area (Å²) >= 11 is 0. The molecule has 3 N–H and O–H groups in total. The standard InChI is InChI=1S/C17H26N4O2/c1-3-13-5-7-14(8-6-13)15-11-18-9-10-21(15)12-16(22)20-17(23)19-4-2/h5-8,15,18H,3-4,9-12H2,1-2H3,(H2,19,20,22,23). The number of carbonyl (C=O) groups is 2. The summed E-state index contributed by atoms with van der Waals surface area (Å²) in [6, 6.07) is 8.25. The quantitative estimate of drug-likeness (QED) is 0.758. The third kappa shape index (κ3) is 5.04. The Bertz CT molecular complexity index is 530. The predicted molar refractivity (Wildman–Crippen MR) is 90.2 cm³/mol. The van der Waals surface area contributed by atoms with Crippen molar-refractivity contribution in [3.8, 4) is 0 Å². The molecule has 1 aromatic carbocycles. The van der Waals surface area contributed by atoms with Gasteiger partial charge in [0.1, 0.15) is 0 Å².